The molecule has 0 atom stereocenters. The van der Waals surface area contributed by atoms with Gasteiger partial charge in [0.25, 0.3) is 0 Å². The monoisotopic (exact) mass is 381 g/mol. The van der Waals surface area contributed by atoms with Gasteiger partial charge in [-0.2, -0.15) is 0 Å². The second-order valence-electron chi connectivity index (χ2n) is 6.71. The SMILES string of the molecule is NC(=O)c1ccc2ncc(-c3ccc(OCCOC4CCOCC4)cc3)n2c1. The number of nitrogens with zero attached hydrogens (tertiary/aromatic N) is 2. The Hall–Kier alpha value is -2.90. The molecule has 1 aromatic carbocycles. The van der Waals surface area contributed by atoms with E-state index >= 15 is 0 Å². The number of primary amides is 1. The van der Waals surface area contributed by atoms with Crippen LogP contribution in [0.4, 0.5) is 0 Å². The van der Waals surface area contributed by atoms with Gasteiger partial charge < -0.3 is 19.9 Å². The molecule has 2 aromatic heterocycles. The molecule has 0 spiro atoms. The number of hydrogen-bond acceptors (Lipinski definition) is 5. The van der Waals surface area contributed by atoms with Gasteiger partial charge in [0.15, 0.2) is 0 Å². The Kier molecular flexibility index (Phi) is 5.55. The zero-order chi connectivity index (χ0) is 19.3. The number of hydrogen-bond donors (Lipinski definition) is 1. The highest BCUT2D eigenvalue weighted by Gasteiger charge is 2.13. The summed E-state index contributed by atoms with van der Waals surface area (Å²) in [6, 6.07) is 11.2. The van der Waals surface area contributed by atoms with Gasteiger partial charge in [0, 0.05) is 25.0 Å². The minimum absolute atomic E-state index is 0.278. The van der Waals surface area contributed by atoms with Crippen molar-refractivity contribution in [2.24, 2.45) is 5.73 Å². The van der Waals surface area contributed by atoms with Crippen molar-refractivity contribution >= 4 is 11.6 Å². The first kappa shape index (κ1) is 18.5. The Labute approximate surface area is 163 Å². The van der Waals surface area contributed by atoms with Gasteiger partial charge in [-0.25, -0.2) is 4.98 Å². The van der Waals surface area contributed by atoms with Crippen LogP contribution in [0.25, 0.3) is 16.9 Å². The van der Waals surface area contributed by atoms with Gasteiger partial charge in [-0.15, -0.1) is 0 Å². The van der Waals surface area contributed by atoms with Crippen molar-refractivity contribution in [3.63, 3.8) is 0 Å². The molecule has 0 saturated carbocycles. The van der Waals surface area contributed by atoms with Crippen molar-refractivity contribution in [3.05, 3.63) is 54.4 Å². The fourth-order valence-electron chi connectivity index (χ4n) is 3.28. The van der Waals surface area contributed by atoms with E-state index in [0.29, 0.717) is 18.8 Å². The molecule has 1 aliphatic rings. The lowest BCUT2D eigenvalue weighted by Crippen LogP contribution is -2.25. The van der Waals surface area contributed by atoms with Gasteiger partial charge in [0.05, 0.1) is 30.2 Å². The lowest BCUT2D eigenvalue weighted by molar-refractivity contribution is -0.0388. The number of carbonyl (C=O) groups is 1. The molecule has 3 heterocycles. The third-order valence-corrected chi connectivity index (χ3v) is 4.81. The molecule has 0 radical (unpaired) electrons. The first-order chi connectivity index (χ1) is 13.7. The second-order valence-corrected chi connectivity index (χ2v) is 6.71. The van der Waals surface area contributed by atoms with Crippen LogP contribution >= 0.6 is 0 Å². The first-order valence-electron chi connectivity index (χ1n) is 9.40. The number of fused-ring (bicyclic) bond motifs is 1. The van der Waals surface area contributed by atoms with Crippen LogP contribution in [-0.4, -0.2) is 47.8 Å². The normalized spacial score (nSPS) is 15.0. The van der Waals surface area contributed by atoms with Gasteiger partial charge in [-0.3, -0.25) is 9.20 Å². The molecule has 1 amide bonds. The maximum atomic E-state index is 11.4. The quantitative estimate of drug-likeness (QED) is 0.636. The van der Waals surface area contributed by atoms with Gasteiger partial charge >= 0.3 is 0 Å². The molecule has 0 aliphatic carbocycles. The molecular weight excluding hydrogens is 358 g/mol. The Bertz CT molecular complexity index is 946. The maximum absolute atomic E-state index is 11.4. The number of amides is 1. The van der Waals surface area contributed by atoms with Gasteiger partial charge in [0.1, 0.15) is 18.0 Å². The smallest absolute Gasteiger partial charge is 0.250 e. The summed E-state index contributed by atoms with van der Waals surface area (Å²) in [5, 5.41) is 0. The predicted octanol–water partition coefficient (Wildman–Crippen LogP) is 2.67. The van der Waals surface area contributed by atoms with E-state index in [0.717, 1.165) is 48.7 Å². The van der Waals surface area contributed by atoms with E-state index in [1.54, 1.807) is 24.5 Å². The van der Waals surface area contributed by atoms with Crippen molar-refractivity contribution in [2.45, 2.75) is 18.9 Å². The first-order valence-corrected chi connectivity index (χ1v) is 9.40. The zero-order valence-corrected chi connectivity index (χ0v) is 15.5. The van der Waals surface area contributed by atoms with E-state index < -0.39 is 5.91 Å². The summed E-state index contributed by atoms with van der Waals surface area (Å²) in [6.45, 7) is 2.62. The lowest BCUT2D eigenvalue weighted by Gasteiger charge is -2.22. The van der Waals surface area contributed by atoms with Crippen molar-refractivity contribution < 1.29 is 19.0 Å². The fraction of sp³-hybridized carbons (Fsp3) is 0.333. The molecule has 4 rings (SSSR count). The summed E-state index contributed by atoms with van der Waals surface area (Å²) in [6.07, 6.45) is 5.66. The summed E-state index contributed by atoms with van der Waals surface area (Å²) in [5.74, 6) is 0.319. The Morgan fingerprint density at radius 1 is 1.14 bits per heavy atom. The number of ether oxygens (including phenoxy) is 3. The molecule has 1 fully saturated rings. The van der Waals surface area contributed by atoms with Crippen molar-refractivity contribution in [1.29, 1.82) is 0 Å². The molecule has 7 heteroatoms. The van der Waals surface area contributed by atoms with E-state index in [-0.39, 0.29) is 6.10 Å². The summed E-state index contributed by atoms with van der Waals surface area (Å²) in [7, 11) is 0. The minimum atomic E-state index is -0.465. The number of carbonyl (C=O) groups excluding carboxylic acids is 1. The van der Waals surface area contributed by atoms with E-state index in [1.807, 2.05) is 28.7 Å². The largest absolute Gasteiger partial charge is 0.491 e. The van der Waals surface area contributed by atoms with Crippen LogP contribution in [0.1, 0.15) is 23.2 Å². The highest BCUT2D eigenvalue weighted by atomic mass is 16.5. The number of imidazole rings is 1. The third-order valence-electron chi connectivity index (χ3n) is 4.81. The number of nitrogens with two attached hydrogens (primary N) is 1. The summed E-state index contributed by atoms with van der Waals surface area (Å²) in [4.78, 5) is 15.8. The lowest BCUT2D eigenvalue weighted by atomic mass is 10.1. The highest BCUT2D eigenvalue weighted by molar-refractivity contribution is 5.92. The van der Waals surface area contributed by atoms with Gasteiger partial charge in [0.2, 0.25) is 5.91 Å². The van der Waals surface area contributed by atoms with Crippen LogP contribution < -0.4 is 10.5 Å². The average Bonchev–Trinajstić information content (AvgIpc) is 3.16. The second kappa shape index (κ2) is 8.41. The average molecular weight is 381 g/mol. The number of rotatable bonds is 7. The highest BCUT2D eigenvalue weighted by Crippen LogP contribution is 2.24. The zero-order valence-electron chi connectivity index (χ0n) is 15.5. The Balaban J connectivity index is 1.38. The standard InChI is InChI=1S/C21H23N3O4/c22-21(25)16-3-6-20-23-13-19(24(20)14-16)15-1-4-17(5-2-15)27-11-12-28-18-7-9-26-10-8-18/h1-6,13-14,18H,7-12H2,(H2,22,25). The van der Waals surface area contributed by atoms with E-state index in [2.05, 4.69) is 4.98 Å². The molecule has 0 bridgehead atoms. The topological polar surface area (TPSA) is 88.1 Å². The van der Waals surface area contributed by atoms with Crippen LogP contribution in [-0.2, 0) is 9.47 Å². The van der Waals surface area contributed by atoms with E-state index in [4.69, 9.17) is 19.9 Å². The van der Waals surface area contributed by atoms with Crippen molar-refractivity contribution in [2.75, 3.05) is 26.4 Å². The van der Waals surface area contributed by atoms with E-state index in [1.165, 1.54) is 0 Å². The van der Waals surface area contributed by atoms with Crippen LogP contribution in [0.3, 0.4) is 0 Å². The number of aromatic nitrogens is 2. The maximum Gasteiger partial charge on any atom is 0.250 e. The molecule has 28 heavy (non-hydrogen) atoms. The molecule has 7 nitrogen and oxygen atoms in total. The molecule has 1 aliphatic heterocycles. The molecule has 0 unspecified atom stereocenters. The number of benzene rings is 1. The van der Waals surface area contributed by atoms with E-state index in [9.17, 15) is 4.79 Å². The molecule has 2 N–H and O–H groups in total. The predicted molar refractivity (Wildman–Crippen MR) is 104 cm³/mol. The van der Waals surface area contributed by atoms with Crippen LogP contribution in [0.15, 0.2) is 48.8 Å². The van der Waals surface area contributed by atoms with Crippen LogP contribution in [0, 0.1) is 0 Å². The fourth-order valence-corrected chi connectivity index (χ4v) is 3.28. The Morgan fingerprint density at radius 3 is 2.68 bits per heavy atom. The molecule has 1 saturated heterocycles. The van der Waals surface area contributed by atoms with Gasteiger partial charge in [-0.1, -0.05) is 0 Å². The molecule has 146 valence electrons. The van der Waals surface area contributed by atoms with Crippen molar-refractivity contribution in [1.82, 2.24) is 9.38 Å². The third kappa shape index (κ3) is 4.16. The summed E-state index contributed by atoms with van der Waals surface area (Å²) < 4.78 is 18.8. The molecule has 3 aromatic rings. The van der Waals surface area contributed by atoms with Crippen LogP contribution in [0.5, 0.6) is 5.75 Å². The van der Waals surface area contributed by atoms with Gasteiger partial charge in [-0.05, 0) is 49.2 Å². The summed E-state index contributed by atoms with van der Waals surface area (Å²) >= 11 is 0. The Morgan fingerprint density at radius 2 is 1.93 bits per heavy atom. The van der Waals surface area contributed by atoms with Crippen LogP contribution in [0.2, 0.25) is 0 Å². The van der Waals surface area contributed by atoms with Crippen molar-refractivity contribution in [3.8, 4) is 17.0 Å². The minimum Gasteiger partial charge on any atom is -0.491 e. The summed E-state index contributed by atoms with van der Waals surface area (Å²) in [5.41, 5.74) is 8.43. The number of pyridine rings is 1. The molecular formula is C21H23N3O4.